The van der Waals surface area contributed by atoms with E-state index in [9.17, 15) is 0 Å². The first-order valence-corrected chi connectivity index (χ1v) is 8.30. The van der Waals surface area contributed by atoms with Crippen LogP contribution >= 0.6 is 63.7 Å². The van der Waals surface area contributed by atoms with Gasteiger partial charge in [0.05, 0.1) is 11.4 Å². The number of halogens is 4. The molecule has 0 unspecified atom stereocenters. The van der Waals surface area contributed by atoms with Gasteiger partial charge in [0.2, 0.25) is 0 Å². The van der Waals surface area contributed by atoms with Gasteiger partial charge in [-0.2, -0.15) is 0 Å². The molecule has 0 radical (unpaired) electrons. The van der Waals surface area contributed by atoms with Crippen molar-refractivity contribution in [1.82, 2.24) is 0 Å². The fourth-order valence-corrected chi connectivity index (χ4v) is 2.16. The van der Waals surface area contributed by atoms with Gasteiger partial charge in [0.15, 0.2) is 0 Å². The molecule has 0 amide bonds. The topological polar surface area (TPSA) is 20.2 Å². The zero-order chi connectivity index (χ0) is 12.3. The van der Waals surface area contributed by atoms with Crippen molar-refractivity contribution in [3.63, 3.8) is 0 Å². The fourth-order valence-electron chi connectivity index (χ4n) is 1.10. The minimum atomic E-state index is -0.0635. The van der Waals surface area contributed by atoms with E-state index in [1.54, 1.807) is 0 Å². The zero-order valence-electron chi connectivity index (χ0n) is 9.24. The summed E-state index contributed by atoms with van der Waals surface area (Å²) >= 11 is 14.5. The molecule has 3 atom stereocenters. The fraction of sp³-hybridized carbons (Fsp3) is 1.00. The Balaban J connectivity index is 4.15. The minimum absolute atomic E-state index is 0.0635. The van der Waals surface area contributed by atoms with Crippen LogP contribution in [0.3, 0.4) is 0 Å². The van der Waals surface area contributed by atoms with Crippen LogP contribution in [0.15, 0.2) is 0 Å². The van der Waals surface area contributed by atoms with E-state index in [2.05, 4.69) is 84.5 Å². The Labute approximate surface area is 126 Å². The van der Waals surface area contributed by atoms with Crippen LogP contribution in [-0.4, -0.2) is 30.0 Å². The molecule has 0 saturated heterocycles. The molecule has 92 valence electrons. The first-order valence-electron chi connectivity index (χ1n) is 4.88. The summed E-state index contributed by atoms with van der Waals surface area (Å²) in [6, 6.07) is 0. The number of aliphatic hydroxyl groups excluding tert-OH is 1. The molecule has 0 aliphatic heterocycles. The molecule has 0 spiro atoms. The van der Waals surface area contributed by atoms with Crippen molar-refractivity contribution < 1.29 is 5.11 Å². The predicted octanol–water partition coefficient (Wildman–Crippen LogP) is 4.61. The Hall–Kier alpha value is 1.88. The molecule has 1 nitrogen and oxygen atoms in total. The third-order valence-electron chi connectivity index (χ3n) is 2.44. The Kier molecular flexibility index (Phi) is 7.56. The second-order valence-electron chi connectivity index (χ2n) is 4.50. The van der Waals surface area contributed by atoms with E-state index >= 15 is 0 Å². The summed E-state index contributed by atoms with van der Waals surface area (Å²) in [5, 5.41) is 9.10. The molecule has 0 aliphatic rings. The lowest BCUT2D eigenvalue weighted by Gasteiger charge is -2.30. The number of rotatable bonds is 6. The Bertz CT molecular complexity index is 188. The van der Waals surface area contributed by atoms with E-state index in [0.29, 0.717) is 4.83 Å². The Morgan fingerprint density at radius 1 is 1.07 bits per heavy atom. The molecule has 0 rings (SSSR count). The molecular formula is C10H18Br4O. The molecule has 0 aliphatic carbocycles. The second kappa shape index (κ2) is 6.72. The van der Waals surface area contributed by atoms with Crippen molar-refractivity contribution in [2.75, 3.05) is 6.61 Å². The van der Waals surface area contributed by atoms with Gasteiger partial charge >= 0.3 is 0 Å². The van der Waals surface area contributed by atoms with Crippen molar-refractivity contribution in [1.29, 1.82) is 0 Å². The van der Waals surface area contributed by atoms with E-state index < -0.39 is 0 Å². The molecule has 15 heavy (non-hydrogen) atoms. The number of hydrogen-bond acceptors (Lipinski definition) is 1. The van der Waals surface area contributed by atoms with Crippen LogP contribution in [0.5, 0.6) is 0 Å². The van der Waals surface area contributed by atoms with Crippen molar-refractivity contribution in [3.05, 3.63) is 0 Å². The van der Waals surface area contributed by atoms with E-state index in [4.69, 9.17) is 5.11 Å². The summed E-state index contributed by atoms with van der Waals surface area (Å²) in [4.78, 5) is 0.503. The van der Waals surface area contributed by atoms with Crippen molar-refractivity contribution in [3.8, 4) is 0 Å². The van der Waals surface area contributed by atoms with Gasteiger partial charge < -0.3 is 5.11 Å². The number of aliphatic hydroxyl groups is 1. The highest BCUT2D eigenvalue weighted by atomic mass is 79.9. The molecular weight excluding hydrogens is 456 g/mol. The first kappa shape index (κ1) is 16.9. The van der Waals surface area contributed by atoms with Crippen LogP contribution in [0.1, 0.15) is 33.6 Å². The smallest absolute Gasteiger partial charge is 0.0569 e. The van der Waals surface area contributed by atoms with Crippen molar-refractivity contribution >= 4 is 63.7 Å². The molecule has 0 aromatic carbocycles. The molecule has 0 aromatic rings. The van der Waals surface area contributed by atoms with Gasteiger partial charge in [-0.1, -0.05) is 63.7 Å². The summed E-state index contributed by atoms with van der Waals surface area (Å²) < 4.78 is 0.0309. The van der Waals surface area contributed by atoms with Gasteiger partial charge in [-0.25, -0.2) is 0 Å². The van der Waals surface area contributed by atoms with Crippen LogP contribution in [0.4, 0.5) is 0 Å². The van der Waals surface area contributed by atoms with Crippen LogP contribution in [0, 0.1) is 0 Å². The zero-order valence-corrected chi connectivity index (χ0v) is 15.6. The van der Waals surface area contributed by atoms with Crippen LogP contribution < -0.4 is 0 Å². The summed E-state index contributed by atoms with van der Waals surface area (Å²) in [6.45, 7) is 6.54. The normalized spacial score (nSPS) is 20.8. The molecule has 0 heterocycles. The average molecular weight is 474 g/mol. The lowest BCUT2D eigenvalue weighted by atomic mass is 9.97. The maximum atomic E-state index is 9.10. The predicted molar refractivity (Wildman–Crippen MR) is 82.1 cm³/mol. The summed E-state index contributed by atoms with van der Waals surface area (Å²) in [6.07, 6.45) is 2.04. The van der Waals surface area contributed by atoms with E-state index in [-0.39, 0.29) is 20.1 Å². The molecule has 0 bridgehead atoms. The minimum Gasteiger partial charge on any atom is -0.395 e. The number of alkyl halides is 4. The molecule has 1 N–H and O–H groups in total. The third kappa shape index (κ3) is 6.39. The summed E-state index contributed by atoms with van der Waals surface area (Å²) in [5.74, 6) is 0. The SMILES string of the molecule is CC(C)(Br)[C@H](Br)CC[C@@](C)(Br)[C@H](Br)CO. The maximum absolute atomic E-state index is 9.10. The largest absolute Gasteiger partial charge is 0.395 e. The highest BCUT2D eigenvalue weighted by Crippen LogP contribution is 2.37. The standard InChI is InChI=1S/C10H18Br4O/c1-9(2,13)7(11)4-5-10(3,14)8(12)6-15/h7-8,15H,4-6H2,1-3H3/t7-,8-,10-/m1/s1. The van der Waals surface area contributed by atoms with Gasteiger partial charge in [-0.05, 0) is 33.6 Å². The van der Waals surface area contributed by atoms with Gasteiger partial charge in [-0.3, -0.25) is 0 Å². The summed E-state index contributed by atoms with van der Waals surface area (Å²) in [7, 11) is 0. The molecule has 5 heteroatoms. The van der Waals surface area contributed by atoms with E-state index in [0.717, 1.165) is 12.8 Å². The lowest BCUT2D eigenvalue weighted by molar-refractivity contribution is 0.278. The quantitative estimate of drug-likeness (QED) is 0.558. The first-order chi connectivity index (χ1) is 6.61. The van der Waals surface area contributed by atoms with Crippen LogP contribution in [-0.2, 0) is 0 Å². The molecule has 0 fully saturated rings. The lowest BCUT2D eigenvalue weighted by Crippen LogP contribution is -2.34. The van der Waals surface area contributed by atoms with Crippen molar-refractivity contribution in [2.24, 2.45) is 0 Å². The summed E-state index contributed by atoms with van der Waals surface area (Å²) in [5.41, 5.74) is 0. The third-order valence-corrected chi connectivity index (χ3v) is 8.08. The molecule has 0 aromatic heterocycles. The Morgan fingerprint density at radius 3 is 1.87 bits per heavy atom. The average Bonchev–Trinajstić information content (AvgIpc) is 2.11. The van der Waals surface area contributed by atoms with Crippen molar-refractivity contribution in [2.45, 2.75) is 51.9 Å². The van der Waals surface area contributed by atoms with Gasteiger partial charge in [0.1, 0.15) is 0 Å². The van der Waals surface area contributed by atoms with Gasteiger partial charge in [0.25, 0.3) is 0 Å². The van der Waals surface area contributed by atoms with Crippen LogP contribution in [0.25, 0.3) is 0 Å². The highest BCUT2D eigenvalue weighted by Gasteiger charge is 2.32. The van der Waals surface area contributed by atoms with Crippen LogP contribution in [0.2, 0.25) is 0 Å². The Morgan fingerprint density at radius 2 is 1.53 bits per heavy atom. The molecule has 0 saturated carbocycles. The van der Waals surface area contributed by atoms with Gasteiger partial charge in [0, 0.05) is 13.5 Å². The van der Waals surface area contributed by atoms with E-state index in [1.165, 1.54) is 0 Å². The van der Waals surface area contributed by atoms with Gasteiger partial charge in [-0.15, -0.1) is 0 Å². The number of hydrogen-bond donors (Lipinski definition) is 1. The second-order valence-corrected chi connectivity index (χ2v) is 10.6. The van der Waals surface area contributed by atoms with E-state index in [1.807, 2.05) is 0 Å². The maximum Gasteiger partial charge on any atom is 0.0569 e. The monoisotopic (exact) mass is 470 g/mol. The highest BCUT2D eigenvalue weighted by molar-refractivity contribution is 9.13.